The number of amides is 1. The van der Waals surface area contributed by atoms with Crippen LogP contribution < -0.4 is 5.73 Å². The predicted molar refractivity (Wildman–Crippen MR) is 63.4 cm³/mol. The maximum absolute atomic E-state index is 9.22. The topological polar surface area (TPSA) is 56.0 Å². The van der Waals surface area contributed by atoms with Crippen molar-refractivity contribution in [1.29, 1.82) is 0 Å². The SMILES string of the molecule is CC(N)=O.[Ir].[c-]1ccc(-c2ccccc2)nc1. The fraction of sp³-hybridized carbons (Fsp3) is 0.0769. The van der Waals surface area contributed by atoms with Crippen LogP contribution in [0.2, 0.25) is 0 Å². The number of aromatic nitrogens is 1. The Morgan fingerprint density at radius 1 is 1.24 bits per heavy atom. The normalized spacial score (nSPS) is 8.29. The van der Waals surface area contributed by atoms with Gasteiger partial charge in [-0.1, -0.05) is 36.5 Å². The molecule has 0 spiro atoms. The zero-order valence-electron chi connectivity index (χ0n) is 9.38. The number of hydrogen-bond acceptors (Lipinski definition) is 2. The summed E-state index contributed by atoms with van der Waals surface area (Å²) in [5.41, 5.74) is 6.61. The minimum Gasteiger partial charge on any atom is -0.370 e. The first-order chi connectivity index (χ1) is 7.70. The van der Waals surface area contributed by atoms with Gasteiger partial charge < -0.3 is 5.73 Å². The molecular weight excluding hydrogens is 392 g/mol. The van der Waals surface area contributed by atoms with Gasteiger partial charge in [-0.25, -0.2) is 12.1 Å². The van der Waals surface area contributed by atoms with E-state index >= 15 is 0 Å². The number of benzene rings is 1. The van der Waals surface area contributed by atoms with Crippen molar-refractivity contribution >= 4 is 5.91 Å². The summed E-state index contributed by atoms with van der Waals surface area (Å²) >= 11 is 0. The molecule has 0 fully saturated rings. The van der Waals surface area contributed by atoms with E-state index in [1.807, 2.05) is 42.5 Å². The Kier molecular flexibility index (Phi) is 7.85. The van der Waals surface area contributed by atoms with Gasteiger partial charge >= 0.3 is 0 Å². The molecule has 2 rings (SSSR count). The monoisotopic (exact) mass is 406 g/mol. The van der Waals surface area contributed by atoms with Gasteiger partial charge in [-0.2, -0.15) is 6.07 Å². The van der Waals surface area contributed by atoms with Gasteiger partial charge in [0.05, 0.1) is 0 Å². The van der Waals surface area contributed by atoms with Crippen LogP contribution in [0.15, 0.2) is 48.7 Å². The standard InChI is InChI=1S/C11H8N.C2H5NO.Ir/c1-2-6-10(7-3-1)11-8-4-5-9-12-11;1-2(3)4;/h1-4,6-9H;1H3,(H2,3,4);/q-1;;. The first-order valence-corrected chi connectivity index (χ1v) is 4.83. The Labute approximate surface area is 114 Å². The van der Waals surface area contributed by atoms with Crippen LogP contribution in [0.1, 0.15) is 6.92 Å². The predicted octanol–water partition coefficient (Wildman–Crippen LogP) is 2.04. The minimum atomic E-state index is -0.333. The molecule has 2 aromatic rings. The van der Waals surface area contributed by atoms with Gasteiger partial charge in [-0.05, 0) is 11.3 Å². The van der Waals surface area contributed by atoms with E-state index in [1.54, 1.807) is 6.20 Å². The molecule has 0 saturated carbocycles. The molecule has 0 bridgehead atoms. The van der Waals surface area contributed by atoms with Crippen LogP contribution in [0.25, 0.3) is 11.3 Å². The molecule has 1 aromatic heterocycles. The Morgan fingerprint density at radius 3 is 2.29 bits per heavy atom. The summed E-state index contributed by atoms with van der Waals surface area (Å²) in [6.07, 6.45) is 1.68. The molecule has 4 heteroatoms. The van der Waals surface area contributed by atoms with E-state index in [1.165, 1.54) is 6.92 Å². The summed E-state index contributed by atoms with van der Waals surface area (Å²) in [7, 11) is 0. The van der Waals surface area contributed by atoms with Crippen LogP contribution in [0.3, 0.4) is 0 Å². The van der Waals surface area contributed by atoms with Gasteiger partial charge in [0, 0.05) is 27.0 Å². The number of nitrogens with zero attached hydrogens (tertiary/aromatic N) is 1. The van der Waals surface area contributed by atoms with Crippen molar-refractivity contribution in [2.45, 2.75) is 6.92 Å². The maximum Gasteiger partial charge on any atom is 0.214 e. The average molecular weight is 405 g/mol. The quantitative estimate of drug-likeness (QED) is 0.739. The van der Waals surface area contributed by atoms with Crippen LogP contribution in [0, 0.1) is 6.07 Å². The number of hydrogen-bond donors (Lipinski definition) is 1. The number of carbonyl (C=O) groups excluding carboxylic acids is 1. The van der Waals surface area contributed by atoms with Crippen molar-refractivity contribution in [3.8, 4) is 11.3 Å². The van der Waals surface area contributed by atoms with Crippen molar-refractivity contribution in [2.75, 3.05) is 0 Å². The van der Waals surface area contributed by atoms with E-state index in [2.05, 4.69) is 16.8 Å². The summed E-state index contributed by atoms with van der Waals surface area (Å²) in [4.78, 5) is 13.4. The molecule has 0 unspecified atom stereocenters. The van der Waals surface area contributed by atoms with Crippen LogP contribution in [-0.4, -0.2) is 10.9 Å². The van der Waals surface area contributed by atoms with E-state index in [9.17, 15) is 4.79 Å². The van der Waals surface area contributed by atoms with Gasteiger partial charge in [0.2, 0.25) is 5.91 Å². The van der Waals surface area contributed by atoms with Crippen molar-refractivity contribution in [3.63, 3.8) is 0 Å². The average Bonchev–Trinajstić information content (AvgIpc) is 2.31. The summed E-state index contributed by atoms with van der Waals surface area (Å²) in [6.45, 7) is 1.31. The maximum atomic E-state index is 9.22. The molecule has 91 valence electrons. The Morgan fingerprint density at radius 2 is 1.82 bits per heavy atom. The summed E-state index contributed by atoms with van der Waals surface area (Å²) in [6, 6.07) is 16.8. The number of pyridine rings is 1. The molecule has 0 aliphatic heterocycles. The van der Waals surface area contributed by atoms with Gasteiger partial charge in [0.15, 0.2) is 0 Å². The second kappa shape index (κ2) is 8.62. The van der Waals surface area contributed by atoms with Crippen molar-refractivity contribution in [2.24, 2.45) is 5.73 Å². The van der Waals surface area contributed by atoms with Crippen LogP contribution in [0.4, 0.5) is 0 Å². The molecule has 0 aliphatic rings. The van der Waals surface area contributed by atoms with E-state index in [0.717, 1.165) is 11.3 Å². The van der Waals surface area contributed by atoms with E-state index in [4.69, 9.17) is 0 Å². The molecule has 1 aromatic carbocycles. The summed E-state index contributed by atoms with van der Waals surface area (Å²) in [5.74, 6) is -0.333. The summed E-state index contributed by atoms with van der Waals surface area (Å²) in [5, 5.41) is 0. The molecular formula is C13H13IrN2O-. The number of nitrogens with two attached hydrogens (primary N) is 1. The Bertz CT molecular complexity index is 390. The first kappa shape index (κ1) is 15.5. The molecule has 1 heterocycles. The molecule has 0 atom stereocenters. The molecule has 0 aliphatic carbocycles. The molecule has 17 heavy (non-hydrogen) atoms. The third-order valence-corrected chi connectivity index (χ3v) is 1.69. The van der Waals surface area contributed by atoms with Gasteiger partial charge in [0.1, 0.15) is 0 Å². The minimum absolute atomic E-state index is 0. The van der Waals surface area contributed by atoms with Crippen molar-refractivity contribution < 1.29 is 24.9 Å². The number of carbonyl (C=O) groups is 1. The number of rotatable bonds is 1. The Hall–Kier alpha value is -1.51. The van der Waals surface area contributed by atoms with Gasteiger partial charge in [-0.15, -0.1) is 0 Å². The van der Waals surface area contributed by atoms with Gasteiger partial charge in [0.25, 0.3) is 0 Å². The fourth-order valence-electron chi connectivity index (χ4n) is 1.10. The van der Waals surface area contributed by atoms with Crippen LogP contribution >= 0.6 is 0 Å². The number of primary amides is 1. The second-order valence-corrected chi connectivity index (χ2v) is 3.12. The van der Waals surface area contributed by atoms with Crippen LogP contribution in [0.5, 0.6) is 0 Å². The van der Waals surface area contributed by atoms with Crippen LogP contribution in [-0.2, 0) is 24.9 Å². The molecule has 1 radical (unpaired) electrons. The fourth-order valence-corrected chi connectivity index (χ4v) is 1.10. The van der Waals surface area contributed by atoms with E-state index < -0.39 is 0 Å². The van der Waals surface area contributed by atoms with E-state index in [0.29, 0.717) is 0 Å². The zero-order chi connectivity index (χ0) is 11.8. The third kappa shape index (κ3) is 6.61. The Balaban J connectivity index is 0.000000453. The smallest absolute Gasteiger partial charge is 0.214 e. The zero-order valence-corrected chi connectivity index (χ0v) is 11.8. The third-order valence-electron chi connectivity index (χ3n) is 1.69. The van der Waals surface area contributed by atoms with Gasteiger partial charge in [-0.3, -0.25) is 9.78 Å². The second-order valence-electron chi connectivity index (χ2n) is 3.12. The first-order valence-electron chi connectivity index (χ1n) is 4.83. The largest absolute Gasteiger partial charge is 0.370 e. The molecule has 0 saturated heterocycles. The molecule has 2 N–H and O–H groups in total. The van der Waals surface area contributed by atoms with Crippen molar-refractivity contribution in [3.05, 3.63) is 54.7 Å². The molecule has 3 nitrogen and oxygen atoms in total. The summed E-state index contributed by atoms with van der Waals surface area (Å²) < 4.78 is 0. The van der Waals surface area contributed by atoms with E-state index in [-0.39, 0.29) is 26.0 Å². The van der Waals surface area contributed by atoms with Crippen molar-refractivity contribution in [1.82, 2.24) is 4.98 Å². The molecule has 1 amide bonds.